The van der Waals surface area contributed by atoms with Crippen LogP contribution in [0.25, 0.3) is 10.2 Å². The van der Waals surface area contributed by atoms with Crippen LogP contribution >= 0.6 is 43.2 Å². The lowest BCUT2D eigenvalue weighted by atomic mass is 10.3. The highest BCUT2D eigenvalue weighted by Gasteiger charge is 2.02. The summed E-state index contributed by atoms with van der Waals surface area (Å²) in [6, 6.07) is 6.01. The number of fused-ring (bicyclic) bond motifs is 1. The minimum Gasteiger partial charge on any atom is -0.229 e. The van der Waals surface area contributed by atoms with Crippen LogP contribution < -0.4 is 0 Å². The quantitative estimate of drug-likeness (QED) is 0.719. The number of rotatable bonds is 0. The lowest BCUT2D eigenvalue weighted by Crippen LogP contribution is -1.66. The summed E-state index contributed by atoms with van der Waals surface area (Å²) < 4.78 is 3.23. The molecule has 0 saturated heterocycles. The Morgan fingerprint density at radius 1 is 1.27 bits per heavy atom. The average Bonchev–Trinajstić information content (AvgIpc) is 2.31. The molecule has 0 spiro atoms. The van der Waals surface area contributed by atoms with Crippen molar-refractivity contribution < 1.29 is 0 Å². The normalized spacial score (nSPS) is 10.7. The molecule has 1 heterocycles. The largest absolute Gasteiger partial charge is 0.229 e. The van der Waals surface area contributed by atoms with Crippen LogP contribution in [0.5, 0.6) is 0 Å². The molecule has 0 radical (unpaired) electrons. The molecule has 0 unspecified atom stereocenters. The van der Waals surface area contributed by atoms with E-state index in [0.29, 0.717) is 0 Å². The molecule has 56 valence electrons. The van der Waals surface area contributed by atoms with Gasteiger partial charge in [-0.1, -0.05) is 6.07 Å². The fraction of sp³-hybridized carbons (Fsp3) is 0. The number of aromatic nitrogens is 1. The fourth-order valence-electron chi connectivity index (χ4n) is 0.888. The van der Waals surface area contributed by atoms with Crippen LogP contribution in [0.15, 0.2) is 26.6 Å². The first-order valence-corrected chi connectivity index (χ1v) is 5.38. The Balaban J connectivity index is 2.90. The summed E-state index contributed by atoms with van der Waals surface area (Å²) in [5.41, 5.74) is 1.04. The Hall–Kier alpha value is 0.0700. The van der Waals surface area contributed by atoms with Gasteiger partial charge in [0.15, 0.2) is 3.92 Å². The van der Waals surface area contributed by atoms with E-state index in [1.165, 1.54) is 4.70 Å². The molecule has 1 aromatic heterocycles. The van der Waals surface area contributed by atoms with Crippen LogP contribution in [0.1, 0.15) is 0 Å². The Labute approximate surface area is 84.7 Å². The maximum Gasteiger partial charge on any atom is 0.160 e. The third kappa shape index (κ3) is 1.35. The van der Waals surface area contributed by atoms with Crippen LogP contribution in [-0.2, 0) is 0 Å². The Kier molecular flexibility index (Phi) is 1.99. The molecule has 0 aliphatic heterocycles. The second-order valence-corrected chi connectivity index (χ2v) is 5.18. The Morgan fingerprint density at radius 3 is 2.82 bits per heavy atom. The number of hydrogen-bond donors (Lipinski definition) is 0. The van der Waals surface area contributed by atoms with E-state index in [2.05, 4.69) is 36.8 Å². The molecule has 0 bridgehead atoms. The molecule has 2 rings (SSSR count). The minimum absolute atomic E-state index is 0.930. The average molecular weight is 293 g/mol. The number of benzene rings is 1. The highest BCUT2D eigenvalue weighted by atomic mass is 79.9. The predicted octanol–water partition coefficient (Wildman–Crippen LogP) is 3.82. The van der Waals surface area contributed by atoms with E-state index in [1.807, 2.05) is 18.2 Å². The molecule has 1 nitrogen and oxygen atoms in total. The van der Waals surface area contributed by atoms with E-state index in [9.17, 15) is 0 Å². The van der Waals surface area contributed by atoms with Gasteiger partial charge in [-0.3, -0.25) is 0 Å². The molecule has 4 heteroatoms. The second-order valence-electron chi connectivity index (χ2n) is 2.05. The van der Waals surface area contributed by atoms with Gasteiger partial charge in [-0.2, -0.15) is 0 Å². The molecule has 0 atom stereocenters. The summed E-state index contributed by atoms with van der Waals surface area (Å²) >= 11 is 8.44. The smallest absolute Gasteiger partial charge is 0.160 e. The van der Waals surface area contributed by atoms with Gasteiger partial charge in [-0.25, -0.2) is 4.98 Å². The first-order chi connectivity index (χ1) is 5.27. The molecule has 0 aliphatic rings. The maximum absolute atomic E-state index is 4.28. The second kappa shape index (κ2) is 2.84. The van der Waals surface area contributed by atoms with Crippen molar-refractivity contribution in [3.8, 4) is 0 Å². The van der Waals surface area contributed by atoms with Crippen molar-refractivity contribution in [2.75, 3.05) is 0 Å². The van der Waals surface area contributed by atoms with E-state index in [1.54, 1.807) is 11.3 Å². The van der Waals surface area contributed by atoms with Crippen molar-refractivity contribution >= 4 is 53.4 Å². The minimum atomic E-state index is 0.930. The molecular weight excluding hydrogens is 290 g/mol. The number of hydrogen-bond acceptors (Lipinski definition) is 2. The van der Waals surface area contributed by atoms with E-state index in [-0.39, 0.29) is 0 Å². The standard InChI is InChI=1S/C7H3Br2NS/c8-4-2-1-3-5-6(4)11-7(9)10-5/h1-3H. The van der Waals surface area contributed by atoms with Crippen LogP contribution in [0.2, 0.25) is 0 Å². The van der Waals surface area contributed by atoms with Crippen molar-refractivity contribution in [1.82, 2.24) is 4.98 Å². The summed E-state index contributed by atoms with van der Waals surface area (Å²) in [6.07, 6.45) is 0. The molecule has 0 aliphatic carbocycles. The molecule has 2 aromatic rings. The number of nitrogens with zero attached hydrogens (tertiary/aromatic N) is 1. The monoisotopic (exact) mass is 291 g/mol. The van der Waals surface area contributed by atoms with Crippen molar-refractivity contribution in [1.29, 1.82) is 0 Å². The van der Waals surface area contributed by atoms with E-state index in [0.717, 1.165) is 13.9 Å². The summed E-state index contributed by atoms with van der Waals surface area (Å²) in [5, 5.41) is 0. The third-order valence-electron chi connectivity index (χ3n) is 1.34. The van der Waals surface area contributed by atoms with Crippen molar-refractivity contribution in [2.24, 2.45) is 0 Å². The molecular formula is C7H3Br2NS. The zero-order chi connectivity index (χ0) is 7.84. The van der Waals surface area contributed by atoms with Gasteiger partial charge in [0, 0.05) is 4.47 Å². The number of thiazole rings is 1. The maximum atomic E-state index is 4.28. The SMILES string of the molecule is Brc1nc2cccc(Br)c2s1. The summed E-state index contributed by atoms with van der Waals surface area (Å²) in [7, 11) is 0. The van der Waals surface area contributed by atoms with Gasteiger partial charge in [-0.15, -0.1) is 11.3 Å². The van der Waals surface area contributed by atoms with E-state index < -0.39 is 0 Å². The van der Waals surface area contributed by atoms with Gasteiger partial charge in [0.25, 0.3) is 0 Å². The lowest BCUT2D eigenvalue weighted by molar-refractivity contribution is 1.45. The fourth-order valence-corrected chi connectivity index (χ4v) is 2.86. The first kappa shape index (κ1) is 7.71. The van der Waals surface area contributed by atoms with Crippen molar-refractivity contribution in [2.45, 2.75) is 0 Å². The summed E-state index contributed by atoms with van der Waals surface area (Å²) in [6.45, 7) is 0. The summed E-state index contributed by atoms with van der Waals surface area (Å²) in [4.78, 5) is 4.28. The van der Waals surface area contributed by atoms with Gasteiger partial charge in [0.2, 0.25) is 0 Å². The Bertz CT molecular complexity index is 396. The van der Waals surface area contributed by atoms with Gasteiger partial charge >= 0.3 is 0 Å². The van der Waals surface area contributed by atoms with Crippen LogP contribution in [-0.4, -0.2) is 4.98 Å². The zero-order valence-electron chi connectivity index (χ0n) is 5.34. The number of halogens is 2. The topological polar surface area (TPSA) is 12.9 Å². The van der Waals surface area contributed by atoms with Gasteiger partial charge in [-0.05, 0) is 44.0 Å². The highest BCUT2D eigenvalue weighted by Crippen LogP contribution is 2.31. The van der Waals surface area contributed by atoms with Gasteiger partial charge in [0.1, 0.15) is 0 Å². The van der Waals surface area contributed by atoms with E-state index in [4.69, 9.17) is 0 Å². The molecule has 0 fully saturated rings. The molecule has 0 saturated carbocycles. The summed E-state index contributed by atoms with van der Waals surface area (Å²) in [5.74, 6) is 0. The molecule has 0 N–H and O–H groups in total. The zero-order valence-corrected chi connectivity index (χ0v) is 9.33. The van der Waals surface area contributed by atoms with Crippen LogP contribution in [0.4, 0.5) is 0 Å². The van der Waals surface area contributed by atoms with Crippen LogP contribution in [0.3, 0.4) is 0 Å². The predicted molar refractivity (Wildman–Crippen MR) is 55.0 cm³/mol. The van der Waals surface area contributed by atoms with Crippen LogP contribution in [0, 0.1) is 0 Å². The first-order valence-electron chi connectivity index (χ1n) is 2.98. The van der Waals surface area contributed by atoms with Gasteiger partial charge in [0.05, 0.1) is 10.2 Å². The highest BCUT2D eigenvalue weighted by molar-refractivity contribution is 9.11. The third-order valence-corrected chi connectivity index (χ3v) is 3.82. The van der Waals surface area contributed by atoms with Gasteiger partial charge < -0.3 is 0 Å². The Morgan fingerprint density at radius 2 is 2.09 bits per heavy atom. The van der Waals surface area contributed by atoms with Crippen molar-refractivity contribution in [3.05, 3.63) is 26.6 Å². The molecule has 1 aromatic carbocycles. The molecule has 11 heavy (non-hydrogen) atoms. The molecule has 0 amide bonds. The van der Waals surface area contributed by atoms with Crippen molar-refractivity contribution in [3.63, 3.8) is 0 Å². The lowest BCUT2D eigenvalue weighted by Gasteiger charge is -1.88. The van der Waals surface area contributed by atoms with E-state index >= 15 is 0 Å².